The van der Waals surface area contributed by atoms with Gasteiger partial charge in [0.1, 0.15) is 11.3 Å². The summed E-state index contributed by atoms with van der Waals surface area (Å²) in [6, 6.07) is 1.96. The van der Waals surface area contributed by atoms with Crippen LogP contribution in [-0.4, -0.2) is 12.9 Å². The van der Waals surface area contributed by atoms with Gasteiger partial charge >= 0.3 is 12.5 Å². The number of halogens is 6. The summed E-state index contributed by atoms with van der Waals surface area (Å²) in [6.07, 6.45) is -9.27. The maximum Gasteiger partial charge on any atom is 0.573 e. The summed E-state index contributed by atoms with van der Waals surface area (Å²) in [4.78, 5) is 0. The van der Waals surface area contributed by atoms with Crippen molar-refractivity contribution in [1.82, 2.24) is 0 Å². The van der Waals surface area contributed by atoms with Crippen molar-refractivity contribution in [1.29, 1.82) is 0 Å². The van der Waals surface area contributed by atoms with Crippen LogP contribution in [0.25, 0.3) is 0 Å². The van der Waals surface area contributed by atoms with E-state index in [0.29, 0.717) is 19.4 Å². The minimum absolute atomic E-state index is 0.0120. The van der Waals surface area contributed by atoms with Crippen molar-refractivity contribution in [2.24, 2.45) is 5.73 Å². The molecule has 0 aliphatic heterocycles. The molecule has 0 radical (unpaired) electrons. The molecule has 0 saturated carbocycles. The molecule has 1 rings (SSSR count). The molecule has 0 heterocycles. The smallest absolute Gasteiger partial charge is 0.405 e. The Morgan fingerprint density at radius 2 is 1.67 bits per heavy atom. The van der Waals surface area contributed by atoms with Crippen molar-refractivity contribution in [3.8, 4) is 5.75 Å². The minimum Gasteiger partial charge on any atom is -0.405 e. The Kier molecular flexibility index (Phi) is 5.49. The molecule has 0 spiro atoms. The monoisotopic (exact) mass is 315 g/mol. The van der Waals surface area contributed by atoms with Crippen LogP contribution >= 0.6 is 0 Å². The maximum absolute atomic E-state index is 13.1. The van der Waals surface area contributed by atoms with E-state index in [9.17, 15) is 26.3 Å². The van der Waals surface area contributed by atoms with Crippen molar-refractivity contribution in [3.05, 3.63) is 28.8 Å². The van der Waals surface area contributed by atoms with E-state index in [1.807, 2.05) is 0 Å². The second-order valence-corrected chi connectivity index (χ2v) is 4.59. The Morgan fingerprint density at radius 1 is 1.05 bits per heavy atom. The lowest BCUT2D eigenvalue weighted by Gasteiger charge is -2.19. The van der Waals surface area contributed by atoms with Gasteiger partial charge in [-0.05, 0) is 49.9 Å². The summed E-state index contributed by atoms with van der Waals surface area (Å²) in [5, 5.41) is 0. The first-order chi connectivity index (χ1) is 9.54. The zero-order chi connectivity index (χ0) is 16.3. The van der Waals surface area contributed by atoms with E-state index in [1.165, 1.54) is 13.0 Å². The predicted octanol–water partition coefficient (Wildman–Crippen LogP) is 4.19. The van der Waals surface area contributed by atoms with Crippen molar-refractivity contribution in [2.45, 2.75) is 38.7 Å². The van der Waals surface area contributed by atoms with Crippen molar-refractivity contribution in [2.75, 3.05) is 6.54 Å². The van der Waals surface area contributed by atoms with Gasteiger partial charge in [0, 0.05) is 0 Å². The molecular formula is C13H15F6NO. The Morgan fingerprint density at radius 3 is 2.14 bits per heavy atom. The number of rotatable bonds is 5. The highest BCUT2D eigenvalue weighted by Crippen LogP contribution is 2.41. The summed E-state index contributed by atoms with van der Waals surface area (Å²) >= 11 is 0. The zero-order valence-electron chi connectivity index (χ0n) is 11.2. The third-order valence-corrected chi connectivity index (χ3v) is 2.74. The summed E-state index contributed by atoms with van der Waals surface area (Å²) in [7, 11) is 0. The largest absolute Gasteiger partial charge is 0.573 e. The van der Waals surface area contributed by atoms with Crippen LogP contribution < -0.4 is 10.5 Å². The molecule has 0 unspecified atom stereocenters. The Balaban J connectivity index is 3.28. The van der Waals surface area contributed by atoms with Crippen LogP contribution in [0.1, 0.15) is 29.5 Å². The molecule has 2 nitrogen and oxygen atoms in total. The zero-order valence-corrected chi connectivity index (χ0v) is 11.2. The van der Waals surface area contributed by atoms with Gasteiger partial charge in [-0.1, -0.05) is 6.07 Å². The maximum atomic E-state index is 13.1. The average molecular weight is 315 g/mol. The molecule has 0 bridgehead atoms. The molecule has 1 aromatic carbocycles. The first kappa shape index (κ1) is 17.6. The highest BCUT2D eigenvalue weighted by molar-refractivity contribution is 5.45. The third-order valence-electron chi connectivity index (χ3n) is 2.74. The van der Waals surface area contributed by atoms with Gasteiger partial charge in [-0.15, -0.1) is 13.2 Å². The van der Waals surface area contributed by atoms with Gasteiger partial charge in [0.05, 0.1) is 0 Å². The number of ether oxygens (including phenoxy) is 1. The summed E-state index contributed by atoms with van der Waals surface area (Å²) in [5.41, 5.74) is 3.95. The first-order valence-corrected chi connectivity index (χ1v) is 6.21. The molecule has 0 aliphatic carbocycles. The second kappa shape index (κ2) is 6.55. The van der Waals surface area contributed by atoms with E-state index in [1.54, 1.807) is 0 Å². The molecule has 0 fully saturated rings. The lowest BCUT2D eigenvalue weighted by molar-refractivity contribution is -0.276. The van der Waals surface area contributed by atoms with Crippen LogP contribution in [0.3, 0.4) is 0 Å². The van der Waals surface area contributed by atoms with E-state index in [-0.39, 0.29) is 17.5 Å². The third kappa shape index (κ3) is 5.45. The summed E-state index contributed by atoms with van der Waals surface area (Å²) in [6.45, 7) is 1.72. The highest BCUT2D eigenvalue weighted by Gasteiger charge is 2.41. The lowest BCUT2D eigenvalue weighted by Crippen LogP contribution is -2.21. The fraction of sp³-hybridized carbons (Fsp3) is 0.538. The molecule has 2 N–H and O–H groups in total. The number of hydrogen-bond donors (Lipinski definition) is 1. The number of aryl methyl sites for hydroxylation is 2. The van der Waals surface area contributed by atoms with Crippen LogP contribution in [0.15, 0.2) is 12.1 Å². The van der Waals surface area contributed by atoms with Gasteiger partial charge in [0.2, 0.25) is 0 Å². The first-order valence-electron chi connectivity index (χ1n) is 6.21. The average Bonchev–Trinajstić information content (AvgIpc) is 2.24. The quantitative estimate of drug-likeness (QED) is 0.653. The molecule has 8 heteroatoms. The molecule has 0 atom stereocenters. The van der Waals surface area contributed by atoms with E-state index in [2.05, 4.69) is 4.74 Å². The van der Waals surface area contributed by atoms with Gasteiger partial charge in [0.15, 0.2) is 0 Å². The molecule has 1 aromatic rings. The van der Waals surface area contributed by atoms with Crippen LogP contribution in [0.5, 0.6) is 5.75 Å². The number of benzene rings is 1. The van der Waals surface area contributed by atoms with Crippen LogP contribution in [0, 0.1) is 6.92 Å². The minimum atomic E-state index is -5.18. The predicted molar refractivity (Wildman–Crippen MR) is 64.9 cm³/mol. The van der Waals surface area contributed by atoms with Gasteiger partial charge in [-0.3, -0.25) is 0 Å². The summed E-state index contributed by atoms with van der Waals surface area (Å²) < 4.78 is 79.5. The molecule has 0 amide bonds. The standard InChI is InChI=1S/C13H15F6NO/c1-8-6-9(4-2-3-5-20)11(12(14,15)16)10(7-8)21-13(17,18)19/h6-7H,2-5,20H2,1H3. The molecule has 0 saturated heterocycles. The molecule has 21 heavy (non-hydrogen) atoms. The van der Waals surface area contributed by atoms with Crippen molar-refractivity contribution < 1.29 is 31.1 Å². The van der Waals surface area contributed by atoms with E-state index in [0.717, 1.165) is 6.07 Å². The number of alkyl halides is 6. The van der Waals surface area contributed by atoms with E-state index in [4.69, 9.17) is 5.73 Å². The molecule has 0 aliphatic rings. The molecular weight excluding hydrogens is 300 g/mol. The van der Waals surface area contributed by atoms with Crippen LogP contribution in [-0.2, 0) is 12.6 Å². The van der Waals surface area contributed by atoms with Gasteiger partial charge in [-0.25, -0.2) is 0 Å². The van der Waals surface area contributed by atoms with E-state index < -0.39 is 23.9 Å². The van der Waals surface area contributed by atoms with E-state index >= 15 is 0 Å². The van der Waals surface area contributed by atoms with Gasteiger partial charge in [0.25, 0.3) is 0 Å². The van der Waals surface area contributed by atoms with Crippen molar-refractivity contribution >= 4 is 0 Å². The normalized spacial score (nSPS) is 12.6. The van der Waals surface area contributed by atoms with Crippen molar-refractivity contribution in [3.63, 3.8) is 0 Å². The highest BCUT2D eigenvalue weighted by atomic mass is 19.4. The number of nitrogens with two attached hydrogens (primary N) is 1. The topological polar surface area (TPSA) is 35.2 Å². The SMILES string of the molecule is Cc1cc(CCCCN)c(C(F)(F)F)c(OC(F)(F)F)c1. The Labute approximate surface area is 117 Å². The number of hydrogen-bond acceptors (Lipinski definition) is 2. The Bertz CT molecular complexity index is 481. The fourth-order valence-corrected chi connectivity index (χ4v) is 2.01. The second-order valence-electron chi connectivity index (χ2n) is 4.59. The number of unbranched alkanes of at least 4 members (excludes halogenated alkanes) is 1. The van der Waals surface area contributed by atoms with Gasteiger partial charge in [-0.2, -0.15) is 13.2 Å². The molecule has 0 aromatic heterocycles. The molecule has 120 valence electrons. The van der Waals surface area contributed by atoms with Crippen LogP contribution in [0.4, 0.5) is 26.3 Å². The Hall–Kier alpha value is -1.44. The lowest BCUT2D eigenvalue weighted by atomic mass is 9.98. The van der Waals surface area contributed by atoms with Gasteiger partial charge < -0.3 is 10.5 Å². The summed E-state index contributed by atoms with van der Waals surface area (Å²) in [5.74, 6) is -1.21. The fourth-order valence-electron chi connectivity index (χ4n) is 2.01. The van der Waals surface area contributed by atoms with Crippen LogP contribution in [0.2, 0.25) is 0 Å².